The largest absolute Gasteiger partial charge is 0.355 e. The maximum Gasteiger partial charge on any atom is 0.191 e. The first-order valence-electron chi connectivity index (χ1n) is 6.00. The number of nitrogens with one attached hydrogen (secondary N) is 2. The molecule has 0 spiro atoms. The highest BCUT2D eigenvalue weighted by atomic mass is 15.2. The first-order valence-corrected chi connectivity index (χ1v) is 6.00. The maximum atomic E-state index is 4.38. The Labute approximate surface area is 86.4 Å². The number of hydrogen-bond donors (Lipinski definition) is 2. The van der Waals surface area contributed by atoms with Crippen LogP contribution in [0.3, 0.4) is 0 Å². The van der Waals surface area contributed by atoms with Crippen LogP contribution in [0.1, 0.15) is 44.9 Å². The number of hydrogen-bond acceptors (Lipinski definition) is 3. The second kappa shape index (κ2) is 5.23. The minimum Gasteiger partial charge on any atom is -0.355 e. The molecule has 0 atom stereocenters. The van der Waals surface area contributed by atoms with Crippen molar-refractivity contribution in [3.8, 4) is 0 Å². The van der Waals surface area contributed by atoms with Crippen LogP contribution in [0, 0.1) is 0 Å². The lowest BCUT2D eigenvalue weighted by Gasteiger charge is -2.21. The normalized spacial score (nSPS) is 24.7. The molecule has 2 rings (SSSR count). The molecule has 0 amide bonds. The summed E-state index contributed by atoms with van der Waals surface area (Å²) in [5.74, 6) is 1.04. The Morgan fingerprint density at radius 2 is 1.79 bits per heavy atom. The summed E-state index contributed by atoms with van der Waals surface area (Å²) in [6.07, 6.45) is 9.67. The highest BCUT2D eigenvalue weighted by molar-refractivity contribution is 5.81. The number of aliphatic imine (C=N–C) groups is 1. The van der Waals surface area contributed by atoms with Crippen LogP contribution in [-0.2, 0) is 0 Å². The monoisotopic (exact) mass is 195 g/mol. The van der Waals surface area contributed by atoms with Gasteiger partial charge in [-0.25, -0.2) is 0 Å². The fourth-order valence-corrected chi connectivity index (χ4v) is 2.29. The Morgan fingerprint density at radius 1 is 1.07 bits per heavy atom. The lowest BCUT2D eigenvalue weighted by molar-refractivity contribution is 0.426. The van der Waals surface area contributed by atoms with Gasteiger partial charge >= 0.3 is 0 Å². The van der Waals surface area contributed by atoms with E-state index in [1.165, 1.54) is 44.9 Å². The van der Waals surface area contributed by atoms with Gasteiger partial charge in [0, 0.05) is 12.6 Å². The summed E-state index contributed by atoms with van der Waals surface area (Å²) in [4.78, 5) is 4.38. The highest BCUT2D eigenvalue weighted by Gasteiger charge is 2.13. The van der Waals surface area contributed by atoms with Crippen LogP contribution in [0.4, 0.5) is 0 Å². The van der Waals surface area contributed by atoms with Crippen LogP contribution in [0.25, 0.3) is 0 Å². The van der Waals surface area contributed by atoms with Crippen LogP contribution >= 0.6 is 0 Å². The zero-order valence-electron chi connectivity index (χ0n) is 8.89. The summed E-state index contributed by atoms with van der Waals surface area (Å²) in [7, 11) is 0. The van der Waals surface area contributed by atoms with Gasteiger partial charge in [0.15, 0.2) is 5.96 Å². The van der Waals surface area contributed by atoms with Crippen LogP contribution in [0.2, 0.25) is 0 Å². The summed E-state index contributed by atoms with van der Waals surface area (Å²) in [5.41, 5.74) is 0. The third-order valence-corrected chi connectivity index (χ3v) is 3.12. The van der Waals surface area contributed by atoms with Crippen LogP contribution in [0.5, 0.6) is 0 Å². The topological polar surface area (TPSA) is 36.4 Å². The molecule has 0 saturated heterocycles. The van der Waals surface area contributed by atoms with E-state index < -0.39 is 0 Å². The Kier molecular flexibility index (Phi) is 3.66. The average Bonchev–Trinajstić information content (AvgIpc) is 2.62. The van der Waals surface area contributed by atoms with Gasteiger partial charge < -0.3 is 10.6 Å². The molecule has 0 aromatic carbocycles. The van der Waals surface area contributed by atoms with Crippen molar-refractivity contribution in [2.45, 2.75) is 51.0 Å². The van der Waals surface area contributed by atoms with Gasteiger partial charge in [0.2, 0.25) is 0 Å². The van der Waals surface area contributed by atoms with E-state index in [4.69, 9.17) is 0 Å². The first-order chi connectivity index (χ1) is 6.95. The van der Waals surface area contributed by atoms with E-state index in [1.807, 2.05) is 0 Å². The summed E-state index contributed by atoms with van der Waals surface area (Å²) < 4.78 is 0. The molecule has 2 aliphatic rings. The van der Waals surface area contributed by atoms with Crippen molar-refractivity contribution in [2.24, 2.45) is 4.99 Å². The van der Waals surface area contributed by atoms with Crippen LogP contribution in [0.15, 0.2) is 4.99 Å². The van der Waals surface area contributed by atoms with Crippen molar-refractivity contribution in [1.29, 1.82) is 0 Å². The van der Waals surface area contributed by atoms with E-state index >= 15 is 0 Å². The molecule has 3 nitrogen and oxygen atoms in total. The Hall–Kier alpha value is -0.730. The first kappa shape index (κ1) is 9.81. The molecule has 0 radical (unpaired) electrons. The van der Waals surface area contributed by atoms with E-state index in [1.54, 1.807) is 0 Å². The molecule has 0 aromatic heterocycles. The Morgan fingerprint density at radius 3 is 2.43 bits per heavy atom. The van der Waals surface area contributed by atoms with Crippen LogP contribution < -0.4 is 10.6 Å². The molecule has 3 heteroatoms. The zero-order chi connectivity index (χ0) is 9.64. The molecule has 1 aliphatic heterocycles. The molecule has 0 aromatic rings. The van der Waals surface area contributed by atoms with Crippen molar-refractivity contribution >= 4 is 5.96 Å². The molecule has 1 heterocycles. The summed E-state index contributed by atoms with van der Waals surface area (Å²) in [6.45, 7) is 1.95. The average molecular weight is 195 g/mol. The predicted octanol–water partition coefficient (Wildman–Crippen LogP) is 1.65. The van der Waals surface area contributed by atoms with Gasteiger partial charge in [-0.3, -0.25) is 4.99 Å². The van der Waals surface area contributed by atoms with E-state index in [9.17, 15) is 0 Å². The quantitative estimate of drug-likeness (QED) is 0.667. The van der Waals surface area contributed by atoms with E-state index in [0.717, 1.165) is 19.0 Å². The molecule has 1 aliphatic carbocycles. The molecule has 14 heavy (non-hydrogen) atoms. The summed E-state index contributed by atoms with van der Waals surface area (Å²) >= 11 is 0. The smallest absolute Gasteiger partial charge is 0.191 e. The van der Waals surface area contributed by atoms with Gasteiger partial charge in [-0.1, -0.05) is 32.1 Å². The predicted molar refractivity (Wildman–Crippen MR) is 59.5 cm³/mol. The van der Waals surface area contributed by atoms with Gasteiger partial charge in [-0.2, -0.15) is 0 Å². The van der Waals surface area contributed by atoms with E-state index in [2.05, 4.69) is 15.6 Å². The van der Waals surface area contributed by atoms with Gasteiger partial charge in [0.05, 0.1) is 6.54 Å². The fraction of sp³-hybridized carbons (Fsp3) is 0.909. The maximum absolute atomic E-state index is 4.38. The fourth-order valence-electron chi connectivity index (χ4n) is 2.29. The summed E-state index contributed by atoms with van der Waals surface area (Å²) in [6, 6.07) is 0.666. The van der Waals surface area contributed by atoms with Gasteiger partial charge in [0.25, 0.3) is 0 Å². The molecule has 0 bridgehead atoms. The number of guanidine groups is 1. The van der Waals surface area contributed by atoms with E-state index in [0.29, 0.717) is 6.04 Å². The highest BCUT2D eigenvalue weighted by Crippen LogP contribution is 2.16. The van der Waals surface area contributed by atoms with Crippen molar-refractivity contribution in [3.05, 3.63) is 0 Å². The number of rotatable bonds is 1. The Bertz CT molecular complexity index is 193. The minimum atomic E-state index is 0.666. The third-order valence-electron chi connectivity index (χ3n) is 3.12. The molecule has 0 unspecified atom stereocenters. The van der Waals surface area contributed by atoms with Gasteiger partial charge in [-0.05, 0) is 12.8 Å². The number of nitrogens with zero attached hydrogens (tertiary/aromatic N) is 1. The van der Waals surface area contributed by atoms with Crippen molar-refractivity contribution in [1.82, 2.24) is 10.6 Å². The van der Waals surface area contributed by atoms with Crippen molar-refractivity contribution in [3.63, 3.8) is 0 Å². The lowest BCUT2D eigenvalue weighted by atomic mass is 9.97. The lowest BCUT2D eigenvalue weighted by Crippen LogP contribution is -2.41. The molecule has 2 N–H and O–H groups in total. The van der Waals surface area contributed by atoms with E-state index in [-0.39, 0.29) is 0 Å². The van der Waals surface area contributed by atoms with Crippen molar-refractivity contribution in [2.75, 3.05) is 13.1 Å². The molecule has 1 saturated carbocycles. The molecule has 80 valence electrons. The van der Waals surface area contributed by atoms with Crippen molar-refractivity contribution < 1.29 is 0 Å². The zero-order valence-corrected chi connectivity index (χ0v) is 8.89. The second-order valence-corrected chi connectivity index (χ2v) is 4.34. The van der Waals surface area contributed by atoms with Crippen LogP contribution in [-0.4, -0.2) is 25.1 Å². The Balaban J connectivity index is 1.76. The molecular formula is C11H21N3. The third kappa shape index (κ3) is 2.89. The second-order valence-electron chi connectivity index (χ2n) is 4.34. The summed E-state index contributed by atoms with van der Waals surface area (Å²) in [5, 5.41) is 6.80. The van der Waals surface area contributed by atoms with Gasteiger partial charge in [-0.15, -0.1) is 0 Å². The SMILES string of the molecule is C1CCCC(NC2=NCCN2)CCC1. The van der Waals surface area contributed by atoms with Gasteiger partial charge in [0.1, 0.15) is 0 Å². The molecule has 1 fully saturated rings. The minimum absolute atomic E-state index is 0.666. The standard InChI is InChI=1S/C11H21N3/c1-2-4-6-10(7-5-3-1)14-11-12-8-9-13-11/h10H,1-9H2,(H2,12,13,14). The molecular weight excluding hydrogens is 174 g/mol.